The second-order valence-electron chi connectivity index (χ2n) is 7.20. The van der Waals surface area contributed by atoms with Gasteiger partial charge in [-0.15, -0.1) is 0 Å². The van der Waals surface area contributed by atoms with Gasteiger partial charge in [-0.25, -0.2) is 4.98 Å². The van der Waals surface area contributed by atoms with Crippen molar-refractivity contribution in [1.82, 2.24) is 9.88 Å². The molecule has 0 radical (unpaired) electrons. The Kier molecular flexibility index (Phi) is 6.80. The maximum absolute atomic E-state index is 12.4. The number of pyridine rings is 1. The Bertz CT molecular complexity index is 846. The third-order valence-corrected chi connectivity index (χ3v) is 5.65. The van der Waals surface area contributed by atoms with Crippen LogP contribution in [0.4, 0.5) is 11.5 Å². The van der Waals surface area contributed by atoms with Gasteiger partial charge in [0.15, 0.2) is 0 Å². The van der Waals surface area contributed by atoms with Crippen LogP contribution in [0.2, 0.25) is 0 Å². The zero-order valence-electron chi connectivity index (χ0n) is 16.2. The highest BCUT2D eigenvalue weighted by molar-refractivity contribution is 9.10. The average Bonchev–Trinajstić information content (AvgIpc) is 2.68. The molecule has 2 amide bonds. The zero-order valence-corrected chi connectivity index (χ0v) is 17.8. The largest absolute Gasteiger partial charge is 0.325 e. The van der Waals surface area contributed by atoms with E-state index in [4.69, 9.17) is 0 Å². The van der Waals surface area contributed by atoms with E-state index in [9.17, 15) is 9.59 Å². The third-order valence-electron chi connectivity index (χ3n) is 5.18. The fourth-order valence-corrected chi connectivity index (χ4v) is 3.55. The van der Waals surface area contributed by atoms with E-state index in [0.29, 0.717) is 12.4 Å². The van der Waals surface area contributed by atoms with Crippen molar-refractivity contribution >= 4 is 39.2 Å². The quantitative estimate of drug-likeness (QED) is 0.736. The smallest absolute Gasteiger partial charge is 0.238 e. The lowest BCUT2D eigenvalue weighted by atomic mass is 9.96. The summed E-state index contributed by atoms with van der Waals surface area (Å²) in [4.78, 5) is 31.1. The topological polar surface area (TPSA) is 74.3 Å². The summed E-state index contributed by atoms with van der Waals surface area (Å²) in [7, 11) is 0. The molecule has 1 saturated heterocycles. The van der Waals surface area contributed by atoms with Gasteiger partial charge >= 0.3 is 0 Å². The molecule has 0 bridgehead atoms. The van der Waals surface area contributed by atoms with Crippen LogP contribution in [0.5, 0.6) is 0 Å². The summed E-state index contributed by atoms with van der Waals surface area (Å²) in [6.07, 6.45) is 3.13. The molecule has 0 saturated carbocycles. The van der Waals surface area contributed by atoms with Crippen LogP contribution in [-0.4, -0.2) is 41.3 Å². The van der Waals surface area contributed by atoms with Crippen LogP contribution >= 0.6 is 15.9 Å². The molecular formula is C21H25BrN4O2. The second-order valence-corrected chi connectivity index (χ2v) is 8.11. The van der Waals surface area contributed by atoms with Gasteiger partial charge in [0.05, 0.1) is 6.54 Å². The summed E-state index contributed by atoms with van der Waals surface area (Å²) in [5, 5.41) is 5.87. The number of nitrogens with zero attached hydrogens (tertiary/aromatic N) is 2. The molecule has 2 heterocycles. The molecule has 0 atom stereocenters. The maximum Gasteiger partial charge on any atom is 0.238 e. The molecule has 0 unspecified atom stereocenters. The van der Waals surface area contributed by atoms with Crippen molar-refractivity contribution < 1.29 is 9.59 Å². The van der Waals surface area contributed by atoms with Gasteiger partial charge in [0, 0.05) is 22.3 Å². The van der Waals surface area contributed by atoms with E-state index in [2.05, 4.69) is 36.4 Å². The van der Waals surface area contributed by atoms with Crippen LogP contribution in [0.1, 0.15) is 24.0 Å². The number of likely N-dealkylation sites (tertiary alicyclic amines) is 1. The van der Waals surface area contributed by atoms with Crippen molar-refractivity contribution in [3.63, 3.8) is 0 Å². The highest BCUT2D eigenvalue weighted by Crippen LogP contribution is 2.21. The fourth-order valence-electron chi connectivity index (χ4n) is 3.31. The number of hydrogen-bond donors (Lipinski definition) is 2. The Hall–Kier alpha value is -2.25. The molecule has 3 rings (SSSR count). The van der Waals surface area contributed by atoms with E-state index in [1.807, 2.05) is 38.1 Å². The first-order valence-corrected chi connectivity index (χ1v) is 10.2. The lowest BCUT2D eigenvalue weighted by molar-refractivity contribution is -0.121. The zero-order chi connectivity index (χ0) is 20.1. The molecule has 2 aromatic rings. The van der Waals surface area contributed by atoms with Crippen LogP contribution in [-0.2, 0) is 9.59 Å². The Labute approximate surface area is 173 Å². The summed E-state index contributed by atoms with van der Waals surface area (Å²) in [6.45, 7) is 5.84. The van der Waals surface area contributed by atoms with Gasteiger partial charge in [0.25, 0.3) is 0 Å². The summed E-state index contributed by atoms with van der Waals surface area (Å²) >= 11 is 3.33. The predicted molar refractivity (Wildman–Crippen MR) is 114 cm³/mol. The van der Waals surface area contributed by atoms with Crippen molar-refractivity contribution in [3.05, 3.63) is 52.1 Å². The van der Waals surface area contributed by atoms with Crippen LogP contribution in [0.25, 0.3) is 0 Å². The van der Waals surface area contributed by atoms with Crippen LogP contribution < -0.4 is 10.6 Å². The van der Waals surface area contributed by atoms with E-state index in [1.165, 1.54) is 0 Å². The number of amides is 2. The number of aryl methyl sites for hydroxylation is 1. The number of carbonyl (C=O) groups excluding carboxylic acids is 2. The minimum Gasteiger partial charge on any atom is -0.325 e. The SMILES string of the molecule is Cc1cccc(NC(=O)CN2CCC(C(=O)Nc3ccc(Br)cn3)CC2)c1C. The van der Waals surface area contributed by atoms with Crippen LogP contribution in [0, 0.1) is 19.8 Å². The van der Waals surface area contributed by atoms with Gasteiger partial charge in [0.1, 0.15) is 5.82 Å². The van der Waals surface area contributed by atoms with Gasteiger partial charge in [-0.1, -0.05) is 12.1 Å². The Morgan fingerprint density at radius 3 is 2.57 bits per heavy atom. The van der Waals surface area contributed by atoms with E-state index in [-0.39, 0.29) is 17.7 Å². The van der Waals surface area contributed by atoms with E-state index < -0.39 is 0 Å². The standard InChI is InChI=1S/C21H25BrN4O2/c1-14-4-3-5-18(15(14)2)24-20(27)13-26-10-8-16(9-11-26)21(28)25-19-7-6-17(22)12-23-19/h3-7,12,16H,8-11,13H2,1-2H3,(H,24,27)(H,23,25,28). The average molecular weight is 445 g/mol. The molecule has 7 heteroatoms. The molecule has 1 aromatic heterocycles. The van der Waals surface area contributed by atoms with Gasteiger partial charge in [0.2, 0.25) is 11.8 Å². The van der Waals surface area contributed by atoms with Crippen molar-refractivity contribution in [2.45, 2.75) is 26.7 Å². The molecule has 1 aliphatic heterocycles. The van der Waals surface area contributed by atoms with Gasteiger partial charge < -0.3 is 10.6 Å². The van der Waals surface area contributed by atoms with E-state index in [0.717, 1.165) is 47.2 Å². The number of aromatic nitrogens is 1. The number of anilines is 2. The number of hydrogen-bond acceptors (Lipinski definition) is 4. The van der Waals surface area contributed by atoms with Crippen molar-refractivity contribution in [2.75, 3.05) is 30.3 Å². The number of rotatable bonds is 5. The second kappa shape index (κ2) is 9.30. The van der Waals surface area contributed by atoms with E-state index in [1.54, 1.807) is 12.3 Å². The Morgan fingerprint density at radius 1 is 1.14 bits per heavy atom. The van der Waals surface area contributed by atoms with Gasteiger partial charge in [-0.05, 0) is 85.0 Å². The summed E-state index contributed by atoms with van der Waals surface area (Å²) in [6, 6.07) is 9.52. The summed E-state index contributed by atoms with van der Waals surface area (Å²) in [5.41, 5.74) is 3.11. The maximum atomic E-state index is 12.4. The highest BCUT2D eigenvalue weighted by atomic mass is 79.9. The van der Waals surface area contributed by atoms with Crippen molar-refractivity contribution in [3.8, 4) is 0 Å². The molecule has 28 heavy (non-hydrogen) atoms. The van der Waals surface area contributed by atoms with Crippen molar-refractivity contribution in [2.24, 2.45) is 5.92 Å². The molecule has 1 fully saturated rings. The molecule has 0 aliphatic carbocycles. The summed E-state index contributed by atoms with van der Waals surface area (Å²) in [5.74, 6) is 0.484. The highest BCUT2D eigenvalue weighted by Gasteiger charge is 2.26. The number of halogens is 1. The lowest BCUT2D eigenvalue weighted by Crippen LogP contribution is -2.41. The third kappa shape index (κ3) is 5.39. The fraction of sp³-hybridized carbons (Fsp3) is 0.381. The normalized spacial score (nSPS) is 15.2. The Morgan fingerprint density at radius 2 is 1.89 bits per heavy atom. The minimum atomic E-state index is -0.0521. The molecule has 1 aliphatic rings. The monoisotopic (exact) mass is 444 g/mol. The number of carbonyl (C=O) groups is 2. The number of piperidine rings is 1. The molecule has 1 aromatic carbocycles. The predicted octanol–water partition coefficient (Wildman–Crippen LogP) is 3.75. The van der Waals surface area contributed by atoms with Crippen LogP contribution in [0.15, 0.2) is 41.0 Å². The molecular weight excluding hydrogens is 420 g/mol. The van der Waals surface area contributed by atoms with Crippen molar-refractivity contribution in [1.29, 1.82) is 0 Å². The first-order valence-electron chi connectivity index (χ1n) is 9.43. The minimum absolute atomic E-state index is 0.00527. The van der Waals surface area contributed by atoms with Crippen LogP contribution in [0.3, 0.4) is 0 Å². The van der Waals surface area contributed by atoms with Gasteiger partial charge in [-0.3, -0.25) is 14.5 Å². The number of benzene rings is 1. The molecule has 6 nitrogen and oxygen atoms in total. The lowest BCUT2D eigenvalue weighted by Gasteiger charge is -2.30. The summed E-state index contributed by atoms with van der Waals surface area (Å²) < 4.78 is 0.873. The molecule has 0 spiro atoms. The van der Waals surface area contributed by atoms with Gasteiger partial charge in [-0.2, -0.15) is 0 Å². The van der Waals surface area contributed by atoms with E-state index >= 15 is 0 Å². The molecule has 148 valence electrons. The number of nitrogens with one attached hydrogen (secondary N) is 2. The Balaban J connectivity index is 1.45. The first kappa shape index (κ1) is 20.5. The first-order chi connectivity index (χ1) is 13.4. The molecule has 2 N–H and O–H groups in total.